The first-order chi connectivity index (χ1) is 9.19. The third-order valence-corrected chi connectivity index (χ3v) is 3.38. The zero-order valence-electron chi connectivity index (χ0n) is 12.7. The van der Waals surface area contributed by atoms with Crippen LogP contribution in [-0.4, -0.2) is 11.6 Å². The smallest absolute Gasteiger partial charge is 0.127 e. The van der Waals surface area contributed by atoms with E-state index in [2.05, 4.69) is 11.9 Å². The Morgan fingerprint density at radius 1 is 1.11 bits per heavy atom. The molecule has 1 heterocycles. The van der Waals surface area contributed by atoms with E-state index in [9.17, 15) is 0 Å². The molecule has 3 nitrogen and oxygen atoms in total. The van der Waals surface area contributed by atoms with Crippen molar-refractivity contribution in [3.05, 3.63) is 23.0 Å². The maximum absolute atomic E-state index is 5.88. The summed E-state index contributed by atoms with van der Waals surface area (Å²) in [4.78, 5) is 4.42. The van der Waals surface area contributed by atoms with Gasteiger partial charge in [-0.2, -0.15) is 0 Å². The second kappa shape index (κ2) is 8.92. The van der Waals surface area contributed by atoms with E-state index < -0.39 is 0 Å². The van der Waals surface area contributed by atoms with Gasteiger partial charge >= 0.3 is 0 Å². The molecular weight excluding hydrogens is 236 g/mol. The van der Waals surface area contributed by atoms with E-state index in [1.807, 2.05) is 19.9 Å². The summed E-state index contributed by atoms with van der Waals surface area (Å²) in [5.74, 6) is 0.918. The molecule has 0 bridgehead atoms. The van der Waals surface area contributed by atoms with Gasteiger partial charge in [-0.1, -0.05) is 39.0 Å². The van der Waals surface area contributed by atoms with Crippen molar-refractivity contribution in [2.75, 3.05) is 6.61 Å². The summed E-state index contributed by atoms with van der Waals surface area (Å²) in [7, 11) is 0. The molecule has 19 heavy (non-hydrogen) atoms. The summed E-state index contributed by atoms with van der Waals surface area (Å²) >= 11 is 0. The lowest BCUT2D eigenvalue weighted by Crippen LogP contribution is -2.07. The molecule has 1 rings (SSSR count). The molecular formula is C16H28N2O. The van der Waals surface area contributed by atoms with E-state index in [-0.39, 0.29) is 0 Å². The number of ether oxygens (including phenoxy) is 1. The molecule has 0 saturated heterocycles. The van der Waals surface area contributed by atoms with Crippen molar-refractivity contribution in [2.45, 2.75) is 65.8 Å². The van der Waals surface area contributed by atoms with Crippen molar-refractivity contribution >= 4 is 0 Å². The zero-order valence-corrected chi connectivity index (χ0v) is 12.7. The third-order valence-electron chi connectivity index (χ3n) is 3.38. The van der Waals surface area contributed by atoms with Gasteiger partial charge in [-0.25, -0.2) is 0 Å². The van der Waals surface area contributed by atoms with Crippen LogP contribution in [-0.2, 0) is 6.54 Å². The highest BCUT2D eigenvalue weighted by Crippen LogP contribution is 2.22. The quantitative estimate of drug-likeness (QED) is 0.688. The fourth-order valence-electron chi connectivity index (χ4n) is 2.26. The second-order valence-corrected chi connectivity index (χ2v) is 5.15. The molecule has 0 unspecified atom stereocenters. The fourth-order valence-corrected chi connectivity index (χ4v) is 2.26. The molecule has 1 aromatic rings. The number of aromatic nitrogens is 1. The van der Waals surface area contributed by atoms with Crippen molar-refractivity contribution < 1.29 is 4.74 Å². The molecule has 108 valence electrons. The van der Waals surface area contributed by atoms with Crippen molar-refractivity contribution in [3.63, 3.8) is 0 Å². The van der Waals surface area contributed by atoms with E-state index in [0.29, 0.717) is 6.54 Å². The summed E-state index contributed by atoms with van der Waals surface area (Å²) in [5, 5.41) is 0. The number of rotatable bonds is 9. The molecule has 0 aliphatic rings. The lowest BCUT2D eigenvalue weighted by molar-refractivity contribution is 0.300. The Morgan fingerprint density at radius 3 is 2.47 bits per heavy atom. The summed E-state index contributed by atoms with van der Waals surface area (Å²) in [6, 6.07) is 1.99. The number of hydrogen-bond donors (Lipinski definition) is 1. The average molecular weight is 264 g/mol. The van der Waals surface area contributed by atoms with E-state index in [4.69, 9.17) is 10.5 Å². The predicted octanol–water partition coefficient (Wildman–Crippen LogP) is 3.90. The Labute approximate surface area is 117 Å². The van der Waals surface area contributed by atoms with E-state index in [1.54, 1.807) is 0 Å². The van der Waals surface area contributed by atoms with Gasteiger partial charge in [-0.05, 0) is 20.3 Å². The van der Waals surface area contributed by atoms with Gasteiger partial charge < -0.3 is 10.5 Å². The van der Waals surface area contributed by atoms with Gasteiger partial charge in [0.25, 0.3) is 0 Å². The van der Waals surface area contributed by atoms with Gasteiger partial charge in [0, 0.05) is 29.6 Å². The molecule has 0 fully saturated rings. The Morgan fingerprint density at radius 2 is 1.79 bits per heavy atom. The Kier molecular flexibility index (Phi) is 7.49. The number of aryl methyl sites for hydroxylation is 2. The lowest BCUT2D eigenvalue weighted by atomic mass is 10.1. The second-order valence-electron chi connectivity index (χ2n) is 5.15. The minimum absolute atomic E-state index is 0.491. The summed E-state index contributed by atoms with van der Waals surface area (Å²) in [6.45, 7) is 7.50. The van der Waals surface area contributed by atoms with Gasteiger partial charge in [0.05, 0.1) is 6.61 Å². The molecule has 2 N–H and O–H groups in total. The van der Waals surface area contributed by atoms with Gasteiger partial charge in [0.2, 0.25) is 0 Å². The average Bonchev–Trinajstić information content (AvgIpc) is 2.37. The maximum atomic E-state index is 5.88. The van der Waals surface area contributed by atoms with Gasteiger partial charge in [0.1, 0.15) is 5.75 Å². The van der Waals surface area contributed by atoms with Crippen LogP contribution in [0.2, 0.25) is 0 Å². The predicted molar refractivity (Wildman–Crippen MR) is 80.5 cm³/mol. The molecule has 3 heteroatoms. The van der Waals surface area contributed by atoms with Crippen molar-refractivity contribution in [2.24, 2.45) is 5.73 Å². The Hall–Kier alpha value is -1.09. The highest BCUT2D eigenvalue weighted by molar-refractivity contribution is 5.37. The minimum Gasteiger partial charge on any atom is -0.493 e. The molecule has 0 spiro atoms. The SMILES string of the molecule is CCCCCCCCOc1cc(C)nc(C)c1CN. The van der Waals surface area contributed by atoms with Crippen LogP contribution in [0.4, 0.5) is 0 Å². The van der Waals surface area contributed by atoms with Crippen LogP contribution in [0.25, 0.3) is 0 Å². The monoisotopic (exact) mass is 264 g/mol. The highest BCUT2D eigenvalue weighted by Gasteiger charge is 2.07. The van der Waals surface area contributed by atoms with Crippen LogP contribution >= 0.6 is 0 Å². The van der Waals surface area contributed by atoms with Gasteiger partial charge in [0.15, 0.2) is 0 Å². The summed E-state index contributed by atoms with van der Waals surface area (Å²) in [6.07, 6.45) is 7.68. The van der Waals surface area contributed by atoms with Crippen molar-refractivity contribution in [3.8, 4) is 5.75 Å². The zero-order chi connectivity index (χ0) is 14.1. The van der Waals surface area contributed by atoms with Crippen LogP contribution in [0.15, 0.2) is 6.07 Å². The molecule has 0 aliphatic carbocycles. The van der Waals surface area contributed by atoms with Gasteiger partial charge in [-0.3, -0.25) is 4.98 Å². The molecule has 0 aromatic carbocycles. The topological polar surface area (TPSA) is 48.1 Å². The number of nitrogens with zero attached hydrogens (tertiary/aromatic N) is 1. The summed E-state index contributed by atoms with van der Waals surface area (Å²) in [5.41, 5.74) is 8.79. The number of hydrogen-bond acceptors (Lipinski definition) is 3. The standard InChI is InChI=1S/C16H28N2O/c1-4-5-6-7-8-9-10-19-16-11-13(2)18-14(3)15(16)12-17/h11H,4-10,12,17H2,1-3H3. The number of pyridine rings is 1. The first-order valence-electron chi connectivity index (χ1n) is 7.49. The summed E-state index contributed by atoms with van der Waals surface area (Å²) < 4.78 is 5.88. The van der Waals surface area contributed by atoms with Crippen LogP contribution < -0.4 is 10.5 Å². The minimum atomic E-state index is 0.491. The lowest BCUT2D eigenvalue weighted by Gasteiger charge is -2.13. The first kappa shape index (κ1) is 16.0. The Balaban J connectivity index is 2.36. The molecule has 0 atom stereocenters. The van der Waals surface area contributed by atoms with Crippen molar-refractivity contribution in [1.29, 1.82) is 0 Å². The van der Waals surface area contributed by atoms with Crippen LogP contribution in [0.1, 0.15) is 62.4 Å². The van der Waals surface area contributed by atoms with Crippen LogP contribution in [0, 0.1) is 13.8 Å². The largest absolute Gasteiger partial charge is 0.493 e. The van der Waals surface area contributed by atoms with Crippen LogP contribution in [0.5, 0.6) is 5.75 Å². The molecule has 0 aliphatic heterocycles. The molecule has 0 radical (unpaired) electrons. The fraction of sp³-hybridized carbons (Fsp3) is 0.688. The molecule has 0 amide bonds. The normalized spacial score (nSPS) is 10.7. The van der Waals surface area contributed by atoms with E-state index in [0.717, 1.165) is 35.7 Å². The first-order valence-corrected chi connectivity index (χ1v) is 7.49. The number of nitrogens with two attached hydrogens (primary N) is 1. The van der Waals surface area contributed by atoms with Crippen LogP contribution in [0.3, 0.4) is 0 Å². The van der Waals surface area contributed by atoms with E-state index >= 15 is 0 Å². The van der Waals surface area contributed by atoms with Gasteiger partial charge in [-0.15, -0.1) is 0 Å². The highest BCUT2D eigenvalue weighted by atomic mass is 16.5. The molecule has 1 aromatic heterocycles. The molecule has 0 saturated carbocycles. The maximum Gasteiger partial charge on any atom is 0.127 e. The third kappa shape index (κ3) is 5.60. The van der Waals surface area contributed by atoms with Crippen molar-refractivity contribution in [1.82, 2.24) is 4.98 Å². The Bertz CT molecular complexity index is 377. The number of unbranched alkanes of at least 4 members (excludes halogenated alkanes) is 5. The van der Waals surface area contributed by atoms with E-state index in [1.165, 1.54) is 32.1 Å².